The van der Waals surface area contributed by atoms with E-state index < -0.39 is 0 Å². The maximum Gasteiger partial charge on any atom is 0.242 e. The number of rotatable bonds is 4. The largest absolute Gasteiger partial charge is 0.284 e. The highest BCUT2D eigenvalue weighted by Crippen LogP contribution is 2.28. The first-order chi connectivity index (χ1) is 11.1. The molecule has 1 fully saturated rings. The second kappa shape index (κ2) is 7.06. The van der Waals surface area contributed by atoms with Gasteiger partial charge in [0.2, 0.25) is 5.91 Å². The van der Waals surface area contributed by atoms with Crippen molar-refractivity contribution in [2.24, 2.45) is 10.2 Å². The Kier molecular flexibility index (Phi) is 4.88. The molecule has 1 amide bonds. The van der Waals surface area contributed by atoms with E-state index in [-0.39, 0.29) is 17.0 Å². The Bertz CT molecular complexity index is 741. The zero-order chi connectivity index (χ0) is 16.2. The molecule has 1 unspecified atom stereocenters. The lowest BCUT2D eigenvalue weighted by molar-refractivity contribution is -0.126. The van der Waals surface area contributed by atoms with Gasteiger partial charge in [0.05, 0.1) is 18.0 Å². The monoisotopic (exact) mass is 347 g/mol. The normalized spacial score (nSPS) is 20.1. The molecule has 1 aromatic carbocycles. The van der Waals surface area contributed by atoms with Gasteiger partial charge < -0.3 is 0 Å². The topological polar surface area (TPSA) is 45.0 Å². The van der Waals surface area contributed by atoms with Crippen molar-refractivity contribution in [3.8, 4) is 0 Å². The molecular formula is C16H14FN3OS2. The molecule has 2 aromatic rings. The smallest absolute Gasteiger partial charge is 0.242 e. The number of halogens is 1. The van der Waals surface area contributed by atoms with Crippen molar-refractivity contribution in [3.05, 3.63) is 58.0 Å². The van der Waals surface area contributed by atoms with Crippen LogP contribution >= 0.6 is 23.1 Å². The Hall–Kier alpha value is -1.99. The molecule has 3 rings (SSSR count). The van der Waals surface area contributed by atoms with Crippen molar-refractivity contribution in [1.29, 1.82) is 0 Å². The van der Waals surface area contributed by atoms with Gasteiger partial charge in [-0.25, -0.2) is 4.39 Å². The van der Waals surface area contributed by atoms with Crippen LogP contribution in [0.5, 0.6) is 0 Å². The second-order valence-electron chi connectivity index (χ2n) is 4.95. The number of thiophene rings is 1. The lowest BCUT2D eigenvalue weighted by atomic mass is 10.2. The third-order valence-electron chi connectivity index (χ3n) is 3.25. The van der Waals surface area contributed by atoms with Gasteiger partial charge in [0.1, 0.15) is 5.82 Å². The van der Waals surface area contributed by atoms with Crippen molar-refractivity contribution in [1.82, 2.24) is 4.90 Å². The summed E-state index contributed by atoms with van der Waals surface area (Å²) in [5.41, 5.74) is 0.851. The molecule has 0 bridgehead atoms. The molecule has 23 heavy (non-hydrogen) atoms. The van der Waals surface area contributed by atoms with Crippen LogP contribution < -0.4 is 0 Å². The number of benzene rings is 1. The van der Waals surface area contributed by atoms with Crippen LogP contribution in [0.3, 0.4) is 0 Å². The number of amidine groups is 1. The zero-order valence-corrected chi connectivity index (χ0v) is 14.0. The first-order valence-electron chi connectivity index (χ1n) is 7.00. The van der Waals surface area contributed by atoms with Crippen LogP contribution in [-0.2, 0) is 11.3 Å². The Morgan fingerprint density at radius 3 is 2.78 bits per heavy atom. The molecule has 1 saturated heterocycles. The number of amides is 1. The summed E-state index contributed by atoms with van der Waals surface area (Å²) in [5.74, 6) is -0.303. The minimum absolute atomic E-state index is 0.00982. The molecule has 118 valence electrons. The molecule has 1 aromatic heterocycles. The van der Waals surface area contributed by atoms with Crippen molar-refractivity contribution in [2.45, 2.75) is 18.7 Å². The zero-order valence-electron chi connectivity index (χ0n) is 12.3. The molecule has 0 spiro atoms. The Morgan fingerprint density at radius 1 is 1.30 bits per heavy atom. The second-order valence-corrected chi connectivity index (χ2v) is 7.24. The van der Waals surface area contributed by atoms with E-state index >= 15 is 0 Å². The lowest BCUT2D eigenvalue weighted by Crippen LogP contribution is -2.30. The fourth-order valence-electron chi connectivity index (χ4n) is 2.08. The van der Waals surface area contributed by atoms with E-state index in [1.54, 1.807) is 34.6 Å². The highest BCUT2D eigenvalue weighted by atomic mass is 32.2. The summed E-state index contributed by atoms with van der Waals surface area (Å²) in [5, 5.41) is 10.6. The molecule has 2 heterocycles. The molecule has 1 aliphatic heterocycles. The fraction of sp³-hybridized carbons (Fsp3) is 0.188. The quantitative estimate of drug-likeness (QED) is 0.625. The Labute approximate surface area is 141 Å². The van der Waals surface area contributed by atoms with Gasteiger partial charge in [-0.05, 0) is 36.1 Å². The van der Waals surface area contributed by atoms with Gasteiger partial charge in [0.15, 0.2) is 5.17 Å². The van der Waals surface area contributed by atoms with Crippen molar-refractivity contribution in [3.63, 3.8) is 0 Å². The van der Waals surface area contributed by atoms with Crippen LogP contribution in [0.4, 0.5) is 4.39 Å². The van der Waals surface area contributed by atoms with Crippen LogP contribution in [0.2, 0.25) is 0 Å². The molecular weight excluding hydrogens is 333 g/mol. The summed E-state index contributed by atoms with van der Waals surface area (Å²) in [6.45, 7) is 2.21. The number of thioether (sulfide) groups is 1. The number of carbonyl (C=O) groups is 1. The molecule has 0 saturated carbocycles. The molecule has 4 nitrogen and oxygen atoms in total. The number of hydrogen-bond donors (Lipinski definition) is 0. The average molecular weight is 347 g/mol. The number of hydrogen-bond acceptors (Lipinski definition) is 5. The predicted octanol–water partition coefficient (Wildman–Crippen LogP) is 3.74. The third kappa shape index (κ3) is 3.86. The third-order valence-corrected chi connectivity index (χ3v) is 5.13. The van der Waals surface area contributed by atoms with Crippen LogP contribution in [0.25, 0.3) is 0 Å². The van der Waals surface area contributed by atoms with Gasteiger partial charge in [-0.1, -0.05) is 30.0 Å². The van der Waals surface area contributed by atoms with Crippen LogP contribution in [-0.4, -0.2) is 27.4 Å². The van der Waals surface area contributed by atoms with Crippen LogP contribution in [0, 0.1) is 5.82 Å². The first-order valence-corrected chi connectivity index (χ1v) is 8.76. The van der Waals surface area contributed by atoms with Crippen molar-refractivity contribution < 1.29 is 9.18 Å². The van der Waals surface area contributed by atoms with Crippen LogP contribution in [0.15, 0.2) is 52.0 Å². The maximum absolute atomic E-state index is 13.0. The van der Waals surface area contributed by atoms with Crippen molar-refractivity contribution >= 4 is 40.4 Å². The molecule has 0 N–H and O–H groups in total. The summed E-state index contributed by atoms with van der Waals surface area (Å²) < 4.78 is 13.0. The molecule has 7 heteroatoms. The summed E-state index contributed by atoms with van der Waals surface area (Å²) in [4.78, 5) is 14.9. The summed E-state index contributed by atoms with van der Waals surface area (Å²) in [6.07, 6.45) is 1.67. The SMILES string of the molecule is CC1S/C(=N/N=C/c2cccs2)N(Cc2ccc(F)cc2)C1=O. The van der Waals surface area contributed by atoms with Crippen LogP contribution in [0.1, 0.15) is 17.4 Å². The lowest BCUT2D eigenvalue weighted by Gasteiger charge is -2.15. The predicted molar refractivity (Wildman–Crippen MR) is 93.4 cm³/mol. The minimum atomic E-state index is -0.293. The minimum Gasteiger partial charge on any atom is -0.284 e. The first kappa shape index (κ1) is 15.9. The fourth-order valence-corrected chi connectivity index (χ4v) is 3.58. The summed E-state index contributed by atoms with van der Waals surface area (Å²) in [6, 6.07) is 10.00. The van der Waals surface area contributed by atoms with Crippen molar-refractivity contribution in [2.75, 3.05) is 0 Å². The molecule has 0 aliphatic carbocycles. The van der Waals surface area contributed by atoms with E-state index in [0.717, 1.165) is 10.4 Å². The molecule has 1 atom stereocenters. The summed E-state index contributed by atoms with van der Waals surface area (Å²) >= 11 is 2.95. The Balaban J connectivity index is 1.77. The van der Waals surface area contributed by atoms with E-state index in [0.29, 0.717) is 11.7 Å². The maximum atomic E-state index is 13.0. The van der Waals surface area contributed by atoms with Gasteiger partial charge in [-0.3, -0.25) is 9.69 Å². The van der Waals surface area contributed by atoms with E-state index in [1.165, 1.54) is 23.9 Å². The molecule has 1 aliphatic rings. The van der Waals surface area contributed by atoms with E-state index in [1.807, 2.05) is 24.4 Å². The van der Waals surface area contributed by atoms with Gasteiger partial charge in [0.25, 0.3) is 0 Å². The number of nitrogens with zero attached hydrogens (tertiary/aromatic N) is 3. The standard InChI is InChI=1S/C16H14FN3OS2/c1-11-15(21)20(10-12-4-6-13(17)7-5-12)16(23-11)19-18-9-14-3-2-8-22-14/h2-9,11H,10H2,1H3/b18-9+,19-16+. The van der Waals surface area contributed by atoms with Gasteiger partial charge >= 0.3 is 0 Å². The average Bonchev–Trinajstić information content (AvgIpc) is 3.14. The summed E-state index contributed by atoms with van der Waals surface area (Å²) in [7, 11) is 0. The Morgan fingerprint density at radius 2 is 2.09 bits per heavy atom. The van der Waals surface area contributed by atoms with E-state index in [9.17, 15) is 9.18 Å². The highest BCUT2D eigenvalue weighted by molar-refractivity contribution is 8.15. The number of carbonyl (C=O) groups excluding carboxylic acids is 1. The molecule has 0 radical (unpaired) electrons. The van der Waals surface area contributed by atoms with Gasteiger partial charge in [-0.15, -0.1) is 16.4 Å². The van der Waals surface area contributed by atoms with Gasteiger partial charge in [-0.2, -0.15) is 5.10 Å². The highest BCUT2D eigenvalue weighted by Gasteiger charge is 2.35. The van der Waals surface area contributed by atoms with E-state index in [2.05, 4.69) is 10.2 Å². The van der Waals surface area contributed by atoms with Gasteiger partial charge in [0, 0.05) is 4.88 Å². The van der Waals surface area contributed by atoms with E-state index in [4.69, 9.17) is 0 Å².